The number of nitrogens with one attached hydrogen (secondary N) is 1. The van der Waals surface area contributed by atoms with Gasteiger partial charge in [0.15, 0.2) is 0 Å². The summed E-state index contributed by atoms with van der Waals surface area (Å²) in [5.74, 6) is -1.18. The summed E-state index contributed by atoms with van der Waals surface area (Å²) in [5, 5.41) is 7.01. The number of nitrogens with zero attached hydrogens (tertiary/aromatic N) is 2. The van der Waals surface area contributed by atoms with E-state index in [0.29, 0.717) is 12.2 Å². The van der Waals surface area contributed by atoms with Crippen molar-refractivity contribution in [3.8, 4) is 5.88 Å². The number of benzene rings is 1. The van der Waals surface area contributed by atoms with Crippen LogP contribution in [-0.4, -0.2) is 23.0 Å². The van der Waals surface area contributed by atoms with E-state index in [1.807, 2.05) is 0 Å². The first-order valence-corrected chi connectivity index (χ1v) is 8.09. The molecule has 0 saturated heterocycles. The maximum Gasteiger partial charge on any atom is 0.396 e. The molecule has 1 aliphatic carbocycles. The van der Waals surface area contributed by atoms with E-state index in [1.54, 1.807) is 7.05 Å². The van der Waals surface area contributed by atoms with Crippen molar-refractivity contribution >= 4 is 0 Å². The molecule has 0 spiro atoms. The zero-order valence-electron chi connectivity index (χ0n) is 14.0. The number of aromatic nitrogens is 2. The Morgan fingerprint density at radius 3 is 2.58 bits per heavy atom. The number of hydrogen-bond acceptors (Lipinski definition) is 3. The standard InChI is InChI=1S/C17H18F5N3O/c1-23-8-13-7-15(26-9-11-6-12(18)2-3-14(11)19)25(24-13)10-16(4-5-16)17(20,21)22/h2-3,6-7,23H,4-5,8-10H2,1H3. The predicted octanol–water partition coefficient (Wildman–Crippen LogP) is 3.80. The summed E-state index contributed by atoms with van der Waals surface area (Å²) in [6.07, 6.45) is -4.25. The Bertz CT molecular complexity index is 783. The lowest BCUT2D eigenvalue weighted by atomic mass is 10.1. The van der Waals surface area contributed by atoms with Gasteiger partial charge in [0, 0.05) is 18.2 Å². The fraction of sp³-hybridized carbons (Fsp3) is 0.471. The summed E-state index contributed by atoms with van der Waals surface area (Å²) in [4.78, 5) is 0. The van der Waals surface area contributed by atoms with E-state index in [1.165, 1.54) is 6.07 Å². The van der Waals surface area contributed by atoms with Crippen molar-refractivity contribution in [2.75, 3.05) is 7.05 Å². The van der Waals surface area contributed by atoms with Gasteiger partial charge in [-0.2, -0.15) is 18.3 Å². The van der Waals surface area contributed by atoms with Crippen LogP contribution < -0.4 is 10.1 Å². The first-order valence-electron chi connectivity index (χ1n) is 8.09. The zero-order valence-corrected chi connectivity index (χ0v) is 14.0. The maximum absolute atomic E-state index is 13.7. The third kappa shape index (κ3) is 3.82. The maximum atomic E-state index is 13.7. The molecule has 1 aromatic heterocycles. The van der Waals surface area contributed by atoms with Crippen molar-refractivity contribution in [1.29, 1.82) is 0 Å². The highest BCUT2D eigenvalue weighted by Gasteiger charge is 2.63. The van der Waals surface area contributed by atoms with Crippen molar-refractivity contribution in [2.45, 2.75) is 38.7 Å². The van der Waals surface area contributed by atoms with E-state index >= 15 is 0 Å². The molecule has 0 unspecified atom stereocenters. The first kappa shape index (κ1) is 18.6. The van der Waals surface area contributed by atoms with Crippen molar-refractivity contribution < 1.29 is 26.7 Å². The molecule has 0 atom stereocenters. The van der Waals surface area contributed by atoms with Crippen molar-refractivity contribution in [3.05, 3.63) is 47.2 Å². The lowest BCUT2D eigenvalue weighted by Crippen LogP contribution is -2.30. The minimum absolute atomic E-state index is 0.0233. The van der Waals surface area contributed by atoms with E-state index in [-0.39, 0.29) is 37.4 Å². The lowest BCUT2D eigenvalue weighted by molar-refractivity contribution is -0.191. The van der Waals surface area contributed by atoms with Crippen LogP contribution in [0.2, 0.25) is 0 Å². The van der Waals surface area contributed by atoms with E-state index in [2.05, 4.69) is 10.4 Å². The van der Waals surface area contributed by atoms with Crippen molar-refractivity contribution in [3.63, 3.8) is 0 Å². The Balaban J connectivity index is 1.80. The van der Waals surface area contributed by atoms with Crippen LogP contribution in [0.4, 0.5) is 22.0 Å². The first-order chi connectivity index (χ1) is 12.2. The molecule has 0 aliphatic heterocycles. The van der Waals surface area contributed by atoms with Gasteiger partial charge in [-0.05, 0) is 38.1 Å². The SMILES string of the molecule is CNCc1cc(OCc2cc(F)ccc2F)n(CC2(C(F)(F)F)CC2)n1. The highest BCUT2D eigenvalue weighted by molar-refractivity contribution is 5.21. The molecule has 4 nitrogen and oxygen atoms in total. The summed E-state index contributed by atoms with van der Waals surface area (Å²) < 4.78 is 73.3. The van der Waals surface area contributed by atoms with Crippen LogP contribution in [0.3, 0.4) is 0 Å². The van der Waals surface area contributed by atoms with E-state index in [0.717, 1.165) is 22.9 Å². The molecular weight excluding hydrogens is 357 g/mol. The molecule has 9 heteroatoms. The summed E-state index contributed by atoms with van der Waals surface area (Å²) in [5.41, 5.74) is -1.32. The molecule has 1 N–H and O–H groups in total. The average molecular weight is 375 g/mol. The molecular formula is C17H18F5N3O. The molecule has 0 radical (unpaired) electrons. The monoisotopic (exact) mass is 375 g/mol. The minimum atomic E-state index is -4.33. The second-order valence-electron chi connectivity index (χ2n) is 6.46. The van der Waals surface area contributed by atoms with Gasteiger partial charge in [-0.1, -0.05) is 0 Å². The number of alkyl halides is 3. The molecule has 0 amide bonds. The van der Waals surface area contributed by atoms with Gasteiger partial charge in [0.25, 0.3) is 0 Å². The Hall–Kier alpha value is -2.16. The lowest BCUT2D eigenvalue weighted by Gasteiger charge is -2.20. The summed E-state index contributed by atoms with van der Waals surface area (Å²) in [6, 6.07) is 4.44. The molecule has 1 heterocycles. The van der Waals surface area contributed by atoms with Gasteiger partial charge >= 0.3 is 6.18 Å². The second-order valence-corrected chi connectivity index (χ2v) is 6.46. The Morgan fingerprint density at radius 2 is 1.96 bits per heavy atom. The predicted molar refractivity (Wildman–Crippen MR) is 83.4 cm³/mol. The van der Waals surface area contributed by atoms with Crippen LogP contribution in [0, 0.1) is 17.0 Å². The quantitative estimate of drug-likeness (QED) is 0.749. The Labute approximate surface area is 147 Å². The van der Waals surface area contributed by atoms with Crippen molar-refractivity contribution in [1.82, 2.24) is 15.1 Å². The normalized spacial score (nSPS) is 15.9. The highest BCUT2D eigenvalue weighted by Crippen LogP contribution is 2.58. The topological polar surface area (TPSA) is 39.1 Å². The van der Waals surface area contributed by atoms with Gasteiger partial charge < -0.3 is 10.1 Å². The summed E-state index contributed by atoms with van der Waals surface area (Å²) in [7, 11) is 1.68. The zero-order chi connectivity index (χ0) is 18.9. The van der Waals surface area contributed by atoms with Crippen LogP contribution >= 0.6 is 0 Å². The number of rotatable bonds is 7. The minimum Gasteiger partial charge on any atom is -0.473 e. The van der Waals surface area contributed by atoms with Gasteiger partial charge in [-0.25, -0.2) is 13.5 Å². The molecule has 26 heavy (non-hydrogen) atoms. The Kier molecular flexibility index (Phi) is 4.92. The molecule has 3 rings (SSSR count). The smallest absolute Gasteiger partial charge is 0.396 e. The molecule has 0 bridgehead atoms. The molecule has 1 aliphatic rings. The number of halogens is 5. The fourth-order valence-corrected chi connectivity index (χ4v) is 2.72. The molecule has 1 aromatic carbocycles. The van der Waals surface area contributed by atoms with Crippen LogP contribution in [0.25, 0.3) is 0 Å². The van der Waals surface area contributed by atoms with Gasteiger partial charge in [0.1, 0.15) is 18.2 Å². The third-order valence-electron chi connectivity index (χ3n) is 4.44. The van der Waals surface area contributed by atoms with Crippen LogP contribution in [0.1, 0.15) is 24.1 Å². The van der Waals surface area contributed by atoms with E-state index in [9.17, 15) is 22.0 Å². The van der Waals surface area contributed by atoms with Gasteiger partial charge in [-0.3, -0.25) is 0 Å². The van der Waals surface area contributed by atoms with Gasteiger partial charge in [0.2, 0.25) is 5.88 Å². The largest absolute Gasteiger partial charge is 0.473 e. The van der Waals surface area contributed by atoms with E-state index < -0.39 is 23.2 Å². The van der Waals surface area contributed by atoms with Gasteiger partial charge in [0.05, 0.1) is 17.7 Å². The van der Waals surface area contributed by atoms with Gasteiger partial charge in [-0.15, -0.1) is 0 Å². The number of hydrogen-bond donors (Lipinski definition) is 1. The fourth-order valence-electron chi connectivity index (χ4n) is 2.72. The molecule has 1 fully saturated rings. The van der Waals surface area contributed by atoms with E-state index in [4.69, 9.17) is 4.74 Å². The van der Waals surface area contributed by atoms with Crippen molar-refractivity contribution in [2.24, 2.45) is 5.41 Å². The summed E-state index contributed by atoms with van der Waals surface area (Å²) in [6.45, 7) is -0.328. The summed E-state index contributed by atoms with van der Waals surface area (Å²) >= 11 is 0. The van der Waals surface area contributed by atoms with Crippen LogP contribution in [-0.2, 0) is 19.7 Å². The van der Waals surface area contributed by atoms with Crippen LogP contribution in [0.5, 0.6) is 5.88 Å². The van der Waals surface area contributed by atoms with Crippen LogP contribution in [0.15, 0.2) is 24.3 Å². The second kappa shape index (κ2) is 6.86. The molecule has 142 valence electrons. The number of ether oxygens (including phenoxy) is 1. The molecule has 2 aromatic rings. The Morgan fingerprint density at radius 1 is 1.23 bits per heavy atom. The molecule has 1 saturated carbocycles. The third-order valence-corrected chi connectivity index (χ3v) is 4.44. The highest BCUT2D eigenvalue weighted by atomic mass is 19.4. The average Bonchev–Trinajstić information content (AvgIpc) is 3.25.